The fourth-order valence-electron chi connectivity index (χ4n) is 2.97. The third-order valence-electron chi connectivity index (χ3n) is 4.36. The minimum atomic E-state index is -3.45. The maximum Gasteiger partial charge on any atom is 0.244 e. The van der Waals surface area contributed by atoms with Crippen molar-refractivity contribution in [3.63, 3.8) is 0 Å². The van der Waals surface area contributed by atoms with E-state index in [2.05, 4.69) is 11.1 Å². The molecule has 0 aromatic carbocycles. The van der Waals surface area contributed by atoms with Crippen LogP contribution in [0.3, 0.4) is 0 Å². The molecule has 1 aliphatic rings. The number of pyridine rings is 1. The summed E-state index contributed by atoms with van der Waals surface area (Å²) in [6.45, 7) is 7.56. The van der Waals surface area contributed by atoms with Crippen molar-refractivity contribution in [2.45, 2.75) is 25.7 Å². The summed E-state index contributed by atoms with van der Waals surface area (Å²) in [6, 6.07) is 7.61. The summed E-state index contributed by atoms with van der Waals surface area (Å²) < 4.78 is 27.3. The molecule has 8 heteroatoms. The maximum atomic E-state index is 12.9. The van der Waals surface area contributed by atoms with E-state index in [0.717, 1.165) is 21.1 Å². The molecule has 2 aromatic rings. The fourth-order valence-corrected chi connectivity index (χ4v) is 5.91. The molecule has 3 rings (SSSR count). The molecule has 0 radical (unpaired) electrons. The monoisotopic (exact) mass is 376 g/mol. The second-order valence-electron chi connectivity index (χ2n) is 6.12. The SMILES string of the molecule is Cc1cc(S(=O)(=O)N2CCN(c3ccc(C)c(C#N)n3)CC2)c(C)s1. The van der Waals surface area contributed by atoms with Crippen molar-refractivity contribution in [1.82, 2.24) is 9.29 Å². The predicted molar refractivity (Wildman–Crippen MR) is 98.5 cm³/mol. The molecule has 1 fully saturated rings. The highest BCUT2D eigenvalue weighted by Crippen LogP contribution is 2.28. The molecule has 6 nitrogen and oxygen atoms in total. The van der Waals surface area contributed by atoms with Crippen LogP contribution in [0.2, 0.25) is 0 Å². The largest absolute Gasteiger partial charge is 0.354 e. The van der Waals surface area contributed by atoms with Crippen molar-refractivity contribution in [2.75, 3.05) is 31.1 Å². The van der Waals surface area contributed by atoms with Crippen molar-refractivity contribution < 1.29 is 8.42 Å². The molecule has 3 heterocycles. The van der Waals surface area contributed by atoms with Crippen LogP contribution in [0, 0.1) is 32.1 Å². The van der Waals surface area contributed by atoms with Gasteiger partial charge in [0.15, 0.2) is 0 Å². The number of piperazine rings is 1. The molecular weight excluding hydrogens is 356 g/mol. The number of hydrogen-bond acceptors (Lipinski definition) is 6. The van der Waals surface area contributed by atoms with Gasteiger partial charge in [0, 0.05) is 35.9 Å². The molecule has 25 heavy (non-hydrogen) atoms. The van der Waals surface area contributed by atoms with Crippen molar-refractivity contribution in [3.05, 3.63) is 39.2 Å². The minimum Gasteiger partial charge on any atom is -0.354 e. The van der Waals surface area contributed by atoms with Crippen LogP contribution < -0.4 is 4.90 Å². The molecule has 0 unspecified atom stereocenters. The molecule has 132 valence electrons. The number of thiophene rings is 1. The van der Waals surface area contributed by atoms with Crippen LogP contribution in [-0.2, 0) is 10.0 Å². The van der Waals surface area contributed by atoms with E-state index < -0.39 is 10.0 Å². The van der Waals surface area contributed by atoms with E-state index in [1.54, 1.807) is 6.07 Å². The number of rotatable bonds is 3. The first-order valence-corrected chi connectivity index (χ1v) is 10.3. The average molecular weight is 377 g/mol. The molecule has 0 amide bonds. The molecule has 2 aromatic heterocycles. The van der Waals surface area contributed by atoms with E-state index in [0.29, 0.717) is 36.8 Å². The van der Waals surface area contributed by atoms with Crippen molar-refractivity contribution in [3.8, 4) is 6.07 Å². The number of aryl methyl sites for hydroxylation is 3. The number of aromatic nitrogens is 1. The summed E-state index contributed by atoms with van der Waals surface area (Å²) >= 11 is 1.51. The van der Waals surface area contributed by atoms with E-state index in [1.807, 2.05) is 37.8 Å². The number of sulfonamides is 1. The Kier molecular flexibility index (Phi) is 4.82. The average Bonchev–Trinajstić information content (AvgIpc) is 2.94. The summed E-state index contributed by atoms with van der Waals surface area (Å²) in [5.74, 6) is 0.724. The minimum absolute atomic E-state index is 0.411. The zero-order valence-electron chi connectivity index (χ0n) is 14.5. The number of nitrogens with zero attached hydrogens (tertiary/aromatic N) is 4. The van der Waals surface area contributed by atoms with Gasteiger partial charge in [-0.25, -0.2) is 13.4 Å². The number of hydrogen-bond donors (Lipinski definition) is 0. The highest BCUT2D eigenvalue weighted by molar-refractivity contribution is 7.89. The Bertz CT molecular complexity index is 936. The van der Waals surface area contributed by atoms with Gasteiger partial charge < -0.3 is 4.90 Å². The van der Waals surface area contributed by atoms with E-state index in [4.69, 9.17) is 5.26 Å². The first kappa shape index (κ1) is 17.9. The van der Waals surface area contributed by atoms with Gasteiger partial charge in [-0.05, 0) is 38.5 Å². The van der Waals surface area contributed by atoms with Crippen LogP contribution in [-0.4, -0.2) is 43.9 Å². The Morgan fingerprint density at radius 2 is 1.84 bits per heavy atom. The number of anilines is 1. The zero-order valence-corrected chi connectivity index (χ0v) is 16.1. The van der Waals surface area contributed by atoms with Crippen LogP contribution in [0.25, 0.3) is 0 Å². The zero-order chi connectivity index (χ0) is 18.2. The standard InChI is InChI=1S/C17H20N4O2S2/c1-12-4-5-17(19-15(12)11-18)20-6-8-21(9-7-20)25(22,23)16-10-13(2)24-14(16)3/h4-5,10H,6-9H2,1-3H3. The van der Waals surface area contributed by atoms with E-state index in [9.17, 15) is 8.42 Å². The molecule has 1 saturated heterocycles. The maximum absolute atomic E-state index is 12.9. The summed E-state index contributed by atoms with van der Waals surface area (Å²) in [4.78, 5) is 8.66. The summed E-state index contributed by atoms with van der Waals surface area (Å²) in [7, 11) is -3.45. The Morgan fingerprint density at radius 3 is 2.40 bits per heavy atom. The first-order valence-electron chi connectivity index (χ1n) is 8.03. The molecular formula is C17H20N4O2S2. The van der Waals surface area contributed by atoms with E-state index >= 15 is 0 Å². The molecule has 0 atom stereocenters. The topological polar surface area (TPSA) is 77.3 Å². The lowest BCUT2D eigenvalue weighted by atomic mass is 10.2. The van der Waals surface area contributed by atoms with Gasteiger partial charge in [0.05, 0.1) is 4.90 Å². The van der Waals surface area contributed by atoms with Gasteiger partial charge >= 0.3 is 0 Å². The third-order valence-corrected chi connectivity index (χ3v) is 7.48. The summed E-state index contributed by atoms with van der Waals surface area (Å²) in [5, 5.41) is 9.13. The molecule has 1 aliphatic heterocycles. The van der Waals surface area contributed by atoms with Crippen LogP contribution in [0.4, 0.5) is 5.82 Å². The fraction of sp³-hybridized carbons (Fsp3) is 0.412. The second-order valence-corrected chi connectivity index (χ2v) is 9.48. The Hall–Kier alpha value is -1.95. The third kappa shape index (κ3) is 3.40. The summed E-state index contributed by atoms with van der Waals surface area (Å²) in [5.41, 5.74) is 1.26. The quantitative estimate of drug-likeness (QED) is 0.822. The molecule has 0 aliphatic carbocycles. The Labute approximate surface area is 152 Å². The van der Waals surface area contributed by atoms with Gasteiger partial charge in [-0.3, -0.25) is 0 Å². The van der Waals surface area contributed by atoms with Crippen LogP contribution in [0.1, 0.15) is 21.0 Å². The Morgan fingerprint density at radius 1 is 1.16 bits per heavy atom. The number of nitriles is 1. The van der Waals surface area contributed by atoms with Crippen LogP contribution >= 0.6 is 11.3 Å². The van der Waals surface area contributed by atoms with Crippen molar-refractivity contribution in [2.24, 2.45) is 0 Å². The van der Waals surface area contributed by atoms with Crippen LogP contribution in [0.5, 0.6) is 0 Å². The van der Waals surface area contributed by atoms with Gasteiger partial charge in [0.2, 0.25) is 10.0 Å². The van der Waals surface area contributed by atoms with Gasteiger partial charge in [0.1, 0.15) is 17.6 Å². The first-order chi connectivity index (χ1) is 11.8. The van der Waals surface area contributed by atoms with Crippen molar-refractivity contribution in [1.29, 1.82) is 5.26 Å². The Balaban J connectivity index is 1.76. The smallest absolute Gasteiger partial charge is 0.244 e. The molecule has 0 bridgehead atoms. The molecule has 0 spiro atoms. The summed E-state index contributed by atoms with van der Waals surface area (Å²) in [6.07, 6.45) is 0. The lowest BCUT2D eigenvalue weighted by Gasteiger charge is -2.34. The van der Waals surface area contributed by atoms with Crippen LogP contribution in [0.15, 0.2) is 23.1 Å². The van der Waals surface area contributed by atoms with E-state index in [1.165, 1.54) is 15.6 Å². The normalized spacial score (nSPS) is 16.0. The molecule has 0 N–H and O–H groups in total. The van der Waals surface area contributed by atoms with Crippen molar-refractivity contribution >= 4 is 27.2 Å². The lowest BCUT2D eigenvalue weighted by molar-refractivity contribution is 0.383. The second kappa shape index (κ2) is 6.75. The van der Waals surface area contributed by atoms with Gasteiger partial charge in [-0.1, -0.05) is 6.07 Å². The van der Waals surface area contributed by atoms with Gasteiger partial charge in [-0.15, -0.1) is 11.3 Å². The highest BCUT2D eigenvalue weighted by atomic mass is 32.2. The molecule has 0 saturated carbocycles. The lowest BCUT2D eigenvalue weighted by Crippen LogP contribution is -2.49. The van der Waals surface area contributed by atoms with Gasteiger partial charge in [-0.2, -0.15) is 9.57 Å². The van der Waals surface area contributed by atoms with Gasteiger partial charge in [0.25, 0.3) is 0 Å². The predicted octanol–water partition coefficient (Wildman–Crippen LogP) is 2.45. The van der Waals surface area contributed by atoms with E-state index in [-0.39, 0.29) is 0 Å². The highest BCUT2D eigenvalue weighted by Gasteiger charge is 2.31.